The highest BCUT2D eigenvalue weighted by molar-refractivity contribution is 6.36. The number of hydrogen-bond acceptors (Lipinski definition) is 5. The molecule has 4 aromatic rings. The fraction of sp³-hybridized carbons (Fsp3) is 0.259. The number of amides is 1. The van der Waals surface area contributed by atoms with Crippen molar-refractivity contribution in [2.75, 3.05) is 18.4 Å². The second-order valence-corrected chi connectivity index (χ2v) is 9.17. The minimum Gasteiger partial charge on any atom is -0.366 e. The van der Waals surface area contributed by atoms with Crippen molar-refractivity contribution in [1.82, 2.24) is 24.5 Å². The quantitative estimate of drug-likeness (QED) is 0.351. The van der Waals surface area contributed by atoms with Crippen molar-refractivity contribution < 1.29 is 4.79 Å². The summed E-state index contributed by atoms with van der Waals surface area (Å²) in [5.74, 6) is 1.16. The van der Waals surface area contributed by atoms with Gasteiger partial charge in [0, 0.05) is 55.8 Å². The summed E-state index contributed by atoms with van der Waals surface area (Å²) in [5.41, 5.74) is 5.77. The molecule has 1 amide bonds. The molecule has 1 saturated heterocycles. The highest BCUT2D eigenvalue weighted by Crippen LogP contribution is 2.29. The standard InChI is InChI=1S/C27H29BN6O/c1-19(13-20-7-3-2-4-8-20)27(35)33-12-6-10-22(18-33)24-14-25(30-16-21-9-5-11-29-15-21)34-26(32-24)23(28)17-31-34/h2-5,7-9,11,13-15,17,22,30H,6,10,12,16,18,28H2,1H3/b19-13+. The smallest absolute Gasteiger partial charge is 0.249 e. The van der Waals surface area contributed by atoms with E-state index in [0.717, 1.165) is 58.7 Å². The minimum atomic E-state index is 0.0927. The molecule has 8 heteroatoms. The van der Waals surface area contributed by atoms with Crippen LogP contribution >= 0.6 is 0 Å². The Labute approximate surface area is 206 Å². The number of likely N-dealkylation sites (tertiary alicyclic amines) is 1. The van der Waals surface area contributed by atoms with Crippen molar-refractivity contribution in [3.63, 3.8) is 0 Å². The first kappa shape index (κ1) is 22.8. The summed E-state index contributed by atoms with van der Waals surface area (Å²) >= 11 is 0. The number of rotatable bonds is 6. The van der Waals surface area contributed by atoms with Gasteiger partial charge in [0.2, 0.25) is 5.91 Å². The molecule has 1 atom stereocenters. The largest absolute Gasteiger partial charge is 0.366 e. The molecular formula is C27H29BN6O. The first-order valence-corrected chi connectivity index (χ1v) is 12.1. The average molecular weight is 464 g/mol. The molecule has 1 unspecified atom stereocenters. The zero-order chi connectivity index (χ0) is 24.2. The van der Waals surface area contributed by atoms with Gasteiger partial charge >= 0.3 is 0 Å². The topological polar surface area (TPSA) is 75.4 Å². The van der Waals surface area contributed by atoms with Gasteiger partial charge in [0.15, 0.2) is 5.65 Å². The average Bonchev–Trinajstić information content (AvgIpc) is 3.28. The first-order chi connectivity index (χ1) is 17.1. The molecule has 35 heavy (non-hydrogen) atoms. The molecule has 0 bridgehead atoms. The molecule has 5 rings (SSSR count). The summed E-state index contributed by atoms with van der Waals surface area (Å²) in [5, 5.41) is 8.03. The van der Waals surface area contributed by atoms with Gasteiger partial charge in [0.25, 0.3) is 0 Å². The molecule has 0 saturated carbocycles. The Balaban J connectivity index is 1.38. The van der Waals surface area contributed by atoms with E-state index in [-0.39, 0.29) is 11.8 Å². The Morgan fingerprint density at radius 2 is 2.06 bits per heavy atom. The van der Waals surface area contributed by atoms with Crippen LogP contribution in [0.5, 0.6) is 0 Å². The summed E-state index contributed by atoms with van der Waals surface area (Å²) in [6.45, 7) is 3.98. The number of aromatic nitrogens is 4. The number of anilines is 1. The molecule has 1 N–H and O–H groups in total. The number of carbonyl (C=O) groups is 1. The highest BCUT2D eigenvalue weighted by Gasteiger charge is 2.27. The third-order valence-corrected chi connectivity index (χ3v) is 6.51. The van der Waals surface area contributed by atoms with Crippen LogP contribution in [0.25, 0.3) is 11.7 Å². The van der Waals surface area contributed by atoms with E-state index >= 15 is 0 Å². The lowest BCUT2D eigenvalue weighted by atomic mass is 9.93. The van der Waals surface area contributed by atoms with Crippen LogP contribution in [0, 0.1) is 0 Å². The van der Waals surface area contributed by atoms with E-state index in [4.69, 9.17) is 4.98 Å². The van der Waals surface area contributed by atoms with Crippen LogP contribution in [0.3, 0.4) is 0 Å². The second kappa shape index (κ2) is 10.1. The zero-order valence-corrected chi connectivity index (χ0v) is 20.2. The number of nitrogens with zero attached hydrogens (tertiary/aromatic N) is 5. The van der Waals surface area contributed by atoms with E-state index in [1.54, 1.807) is 6.20 Å². The predicted molar refractivity (Wildman–Crippen MR) is 141 cm³/mol. The molecule has 176 valence electrons. The van der Waals surface area contributed by atoms with E-state index < -0.39 is 0 Å². The summed E-state index contributed by atoms with van der Waals surface area (Å²) in [4.78, 5) is 24.4. The molecule has 1 aliphatic rings. The van der Waals surface area contributed by atoms with E-state index in [1.165, 1.54) is 0 Å². The normalized spacial score (nSPS) is 16.4. The maximum Gasteiger partial charge on any atom is 0.249 e. The van der Waals surface area contributed by atoms with Crippen molar-refractivity contribution in [1.29, 1.82) is 0 Å². The Kier molecular flexibility index (Phi) is 6.61. The van der Waals surface area contributed by atoms with Crippen molar-refractivity contribution in [2.45, 2.75) is 32.2 Å². The van der Waals surface area contributed by atoms with Crippen LogP contribution in [0.15, 0.2) is 72.7 Å². The van der Waals surface area contributed by atoms with Crippen LogP contribution in [0.2, 0.25) is 0 Å². The van der Waals surface area contributed by atoms with Gasteiger partial charge in [-0.1, -0.05) is 36.4 Å². The molecule has 1 fully saturated rings. The van der Waals surface area contributed by atoms with Crippen LogP contribution in [0.4, 0.5) is 5.82 Å². The van der Waals surface area contributed by atoms with Crippen LogP contribution in [-0.2, 0) is 11.3 Å². The summed E-state index contributed by atoms with van der Waals surface area (Å²) in [6.07, 6.45) is 9.40. The molecule has 0 aliphatic carbocycles. The Hall–Kier alpha value is -3.94. The fourth-order valence-corrected chi connectivity index (χ4v) is 4.64. The lowest BCUT2D eigenvalue weighted by Gasteiger charge is -2.33. The highest BCUT2D eigenvalue weighted by atomic mass is 16.2. The Bertz CT molecular complexity index is 1350. The molecule has 0 spiro atoms. The van der Waals surface area contributed by atoms with Gasteiger partial charge in [-0.2, -0.15) is 9.61 Å². The SMILES string of the molecule is Bc1cnn2c(NCc3cccnc3)cc(C3CCCN(C(=O)/C(C)=C/c4ccccc4)C3)nc12. The lowest BCUT2D eigenvalue weighted by molar-refractivity contribution is -0.128. The third-order valence-electron chi connectivity index (χ3n) is 6.51. The van der Waals surface area contributed by atoms with Crippen molar-refractivity contribution in [3.05, 3.63) is 89.5 Å². The molecule has 1 aromatic carbocycles. The van der Waals surface area contributed by atoms with Gasteiger partial charge in [0.05, 0.1) is 5.69 Å². The van der Waals surface area contributed by atoms with E-state index in [2.05, 4.69) is 21.5 Å². The van der Waals surface area contributed by atoms with Gasteiger partial charge < -0.3 is 10.2 Å². The summed E-state index contributed by atoms with van der Waals surface area (Å²) in [6, 6.07) is 16.1. The third kappa shape index (κ3) is 5.11. The molecule has 7 nitrogen and oxygen atoms in total. The lowest BCUT2D eigenvalue weighted by Crippen LogP contribution is -2.39. The monoisotopic (exact) mass is 464 g/mol. The van der Waals surface area contributed by atoms with E-state index in [9.17, 15) is 4.79 Å². The van der Waals surface area contributed by atoms with Gasteiger partial charge in [-0.25, -0.2) is 4.98 Å². The van der Waals surface area contributed by atoms with Gasteiger partial charge in [-0.15, -0.1) is 0 Å². The fourth-order valence-electron chi connectivity index (χ4n) is 4.64. The number of pyridine rings is 1. The Morgan fingerprint density at radius 3 is 2.86 bits per heavy atom. The molecule has 1 aliphatic heterocycles. The maximum absolute atomic E-state index is 13.2. The summed E-state index contributed by atoms with van der Waals surface area (Å²) in [7, 11) is 2.03. The predicted octanol–water partition coefficient (Wildman–Crippen LogP) is 2.80. The Morgan fingerprint density at radius 1 is 1.20 bits per heavy atom. The zero-order valence-electron chi connectivity index (χ0n) is 20.2. The van der Waals surface area contributed by atoms with Crippen molar-refractivity contribution in [2.24, 2.45) is 0 Å². The number of benzene rings is 1. The van der Waals surface area contributed by atoms with Gasteiger partial charge in [-0.3, -0.25) is 9.78 Å². The van der Waals surface area contributed by atoms with Crippen LogP contribution in [0.1, 0.15) is 42.5 Å². The molecule has 4 heterocycles. The van der Waals surface area contributed by atoms with E-state index in [1.807, 2.05) is 85.1 Å². The molecule has 0 radical (unpaired) electrons. The van der Waals surface area contributed by atoms with Gasteiger partial charge in [-0.05, 0) is 48.5 Å². The molecular weight excluding hydrogens is 435 g/mol. The van der Waals surface area contributed by atoms with Crippen LogP contribution < -0.4 is 10.8 Å². The first-order valence-electron chi connectivity index (χ1n) is 12.1. The second-order valence-electron chi connectivity index (χ2n) is 9.17. The number of fused-ring (bicyclic) bond motifs is 1. The van der Waals surface area contributed by atoms with Crippen molar-refractivity contribution >= 4 is 36.8 Å². The van der Waals surface area contributed by atoms with Gasteiger partial charge in [0.1, 0.15) is 13.7 Å². The minimum absolute atomic E-state index is 0.0927. The number of nitrogens with one attached hydrogen (secondary N) is 1. The number of piperidine rings is 1. The van der Waals surface area contributed by atoms with E-state index in [0.29, 0.717) is 13.1 Å². The van der Waals surface area contributed by atoms with Crippen LogP contribution in [-0.4, -0.2) is 51.3 Å². The number of carbonyl (C=O) groups excluding carboxylic acids is 1. The summed E-state index contributed by atoms with van der Waals surface area (Å²) < 4.78 is 1.85. The van der Waals surface area contributed by atoms with Crippen molar-refractivity contribution in [3.8, 4) is 0 Å². The molecule has 3 aromatic heterocycles. The maximum atomic E-state index is 13.2. The number of hydrogen-bond donors (Lipinski definition) is 1.